The fraction of sp³-hybridized carbons (Fsp3) is 0.857. The van der Waals surface area contributed by atoms with Crippen molar-refractivity contribution < 1.29 is 14.3 Å². The first kappa shape index (κ1) is 14.3. The third-order valence-electron chi connectivity index (χ3n) is 4.14. The van der Waals surface area contributed by atoms with Gasteiger partial charge < -0.3 is 14.5 Å². The average Bonchev–Trinajstić information content (AvgIpc) is 2.60. The summed E-state index contributed by atoms with van der Waals surface area (Å²) >= 11 is 0. The highest BCUT2D eigenvalue weighted by molar-refractivity contribution is 5.86. The third-order valence-corrected chi connectivity index (χ3v) is 4.14. The number of nitrogens with zero attached hydrogens (tertiary/aromatic N) is 2. The Morgan fingerprint density at radius 3 is 2.89 bits per heavy atom. The predicted octanol–water partition coefficient (Wildman–Crippen LogP) is 0.882. The molecule has 2 rings (SSSR count). The summed E-state index contributed by atoms with van der Waals surface area (Å²) in [5, 5.41) is 0. The number of carbonyl (C=O) groups is 2. The first-order valence-electron chi connectivity index (χ1n) is 7.27. The van der Waals surface area contributed by atoms with Crippen LogP contribution in [0.3, 0.4) is 0 Å². The van der Waals surface area contributed by atoms with Crippen LogP contribution in [0.15, 0.2) is 0 Å². The van der Waals surface area contributed by atoms with Gasteiger partial charge in [-0.2, -0.15) is 0 Å². The minimum Gasteiger partial charge on any atom is -0.377 e. The lowest BCUT2D eigenvalue weighted by molar-refractivity contribution is -0.148. The highest BCUT2D eigenvalue weighted by Crippen LogP contribution is 2.25. The van der Waals surface area contributed by atoms with Gasteiger partial charge in [-0.05, 0) is 25.7 Å². The normalized spacial score (nSPS) is 29.3. The molecule has 0 aromatic carbocycles. The zero-order valence-electron chi connectivity index (χ0n) is 11.9. The van der Waals surface area contributed by atoms with E-state index in [0.717, 1.165) is 38.8 Å². The summed E-state index contributed by atoms with van der Waals surface area (Å²) in [5.41, 5.74) is 0. The summed E-state index contributed by atoms with van der Waals surface area (Å²) in [5.74, 6) is 0.0841. The van der Waals surface area contributed by atoms with Crippen LogP contribution < -0.4 is 0 Å². The molecule has 19 heavy (non-hydrogen) atoms. The number of hydrogen-bond donors (Lipinski definition) is 0. The van der Waals surface area contributed by atoms with Crippen LogP contribution in [0.4, 0.5) is 0 Å². The Kier molecular flexibility index (Phi) is 4.80. The molecule has 2 amide bonds. The average molecular weight is 268 g/mol. The van der Waals surface area contributed by atoms with E-state index in [0.29, 0.717) is 6.54 Å². The van der Waals surface area contributed by atoms with Gasteiger partial charge in [-0.3, -0.25) is 9.59 Å². The molecular formula is C14H24N2O3. The Morgan fingerprint density at radius 2 is 2.16 bits per heavy atom. The summed E-state index contributed by atoms with van der Waals surface area (Å²) in [6.45, 7) is 4.45. The second kappa shape index (κ2) is 6.37. The van der Waals surface area contributed by atoms with Crippen LogP contribution in [0.25, 0.3) is 0 Å². The minimum atomic E-state index is -0.0602. The van der Waals surface area contributed by atoms with Crippen LogP contribution in [0.5, 0.6) is 0 Å². The van der Waals surface area contributed by atoms with Crippen LogP contribution in [0, 0.1) is 5.92 Å². The molecule has 0 saturated carbocycles. The monoisotopic (exact) mass is 268 g/mol. The van der Waals surface area contributed by atoms with E-state index in [4.69, 9.17) is 4.74 Å². The fourth-order valence-corrected chi connectivity index (χ4v) is 2.93. The molecule has 0 bridgehead atoms. The van der Waals surface area contributed by atoms with E-state index in [1.165, 1.54) is 0 Å². The molecule has 2 fully saturated rings. The quantitative estimate of drug-likeness (QED) is 0.747. The summed E-state index contributed by atoms with van der Waals surface area (Å²) in [7, 11) is 1.80. The number of ether oxygens (including phenoxy) is 1. The standard InChI is InChI=1S/C14H24N2O3/c1-3-12-11(6-4-9-19-12)14(18)16-8-5-7-15(2)13(17)10-16/h11-12H,3-10H2,1-2H3/t11-,12-/m1/s1. The highest BCUT2D eigenvalue weighted by Gasteiger charge is 2.35. The topological polar surface area (TPSA) is 49.9 Å². The number of carbonyl (C=O) groups excluding carboxylic acids is 2. The van der Waals surface area contributed by atoms with Crippen molar-refractivity contribution in [3.05, 3.63) is 0 Å². The van der Waals surface area contributed by atoms with E-state index in [1.54, 1.807) is 16.8 Å². The van der Waals surface area contributed by atoms with Gasteiger partial charge in [0.25, 0.3) is 0 Å². The number of amides is 2. The maximum atomic E-state index is 12.6. The molecular weight excluding hydrogens is 244 g/mol. The molecule has 2 saturated heterocycles. The lowest BCUT2D eigenvalue weighted by Crippen LogP contribution is -2.46. The maximum absolute atomic E-state index is 12.6. The second-order valence-corrected chi connectivity index (χ2v) is 5.49. The van der Waals surface area contributed by atoms with E-state index >= 15 is 0 Å². The Hall–Kier alpha value is -1.10. The smallest absolute Gasteiger partial charge is 0.241 e. The Bertz CT molecular complexity index is 346. The van der Waals surface area contributed by atoms with Gasteiger partial charge in [0, 0.05) is 26.7 Å². The van der Waals surface area contributed by atoms with Crippen molar-refractivity contribution in [3.63, 3.8) is 0 Å². The van der Waals surface area contributed by atoms with Gasteiger partial charge in [0.05, 0.1) is 18.6 Å². The molecule has 0 aliphatic carbocycles. The van der Waals surface area contributed by atoms with Crippen molar-refractivity contribution >= 4 is 11.8 Å². The van der Waals surface area contributed by atoms with Gasteiger partial charge in [0.15, 0.2) is 0 Å². The molecule has 2 atom stereocenters. The van der Waals surface area contributed by atoms with Crippen molar-refractivity contribution in [3.8, 4) is 0 Å². The molecule has 2 aliphatic rings. The van der Waals surface area contributed by atoms with Crippen molar-refractivity contribution in [1.82, 2.24) is 9.80 Å². The molecule has 0 unspecified atom stereocenters. The lowest BCUT2D eigenvalue weighted by atomic mass is 9.91. The van der Waals surface area contributed by atoms with Crippen LogP contribution in [0.2, 0.25) is 0 Å². The molecule has 108 valence electrons. The number of likely N-dealkylation sites (N-methyl/N-ethyl adjacent to an activating group) is 1. The molecule has 2 aliphatic heterocycles. The lowest BCUT2D eigenvalue weighted by Gasteiger charge is -2.33. The van der Waals surface area contributed by atoms with E-state index in [2.05, 4.69) is 6.92 Å². The van der Waals surface area contributed by atoms with Crippen molar-refractivity contribution in [2.45, 2.75) is 38.7 Å². The Labute approximate surface area is 114 Å². The molecule has 0 spiro atoms. The molecule has 0 radical (unpaired) electrons. The third kappa shape index (κ3) is 3.26. The van der Waals surface area contributed by atoms with E-state index < -0.39 is 0 Å². The van der Waals surface area contributed by atoms with Gasteiger partial charge in [-0.15, -0.1) is 0 Å². The molecule has 0 aromatic heterocycles. The largest absolute Gasteiger partial charge is 0.377 e. The molecule has 0 aromatic rings. The van der Waals surface area contributed by atoms with Crippen LogP contribution in [-0.2, 0) is 14.3 Å². The van der Waals surface area contributed by atoms with Gasteiger partial charge >= 0.3 is 0 Å². The van der Waals surface area contributed by atoms with E-state index in [-0.39, 0.29) is 30.4 Å². The molecule has 0 N–H and O–H groups in total. The summed E-state index contributed by atoms with van der Waals surface area (Å²) < 4.78 is 5.69. The molecule has 5 heteroatoms. The summed E-state index contributed by atoms with van der Waals surface area (Å²) in [6.07, 6.45) is 3.57. The van der Waals surface area contributed by atoms with Crippen molar-refractivity contribution in [2.75, 3.05) is 33.3 Å². The van der Waals surface area contributed by atoms with Gasteiger partial charge in [-0.1, -0.05) is 6.92 Å². The highest BCUT2D eigenvalue weighted by atomic mass is 16.5. The SMILES string of the molecule is CC[C@H]1OCCC[C@H]1C(=O)N1CCCN(C)C(=O)C1. The van der Waals surface area contributed by atoms with E-state index in [1.807, 2.05) is 0 Å². The second-order valence-electron chi connectivity index (χ2n) is 5.49. The van der Waals surface area contributed by atoms with E-state index in [9.17, 15) is 9.59 Å². The first-order valence-corrected chi connectivity index (χ1v) is 7.27. The van der Waals surface area contributed by atoms with Crippen LogP contribution in [-0.4, -0.2) is 61.0 Å². The van der Waals surface area contributed by atoms with Crippen LogP contribution in [0.1, 0.15) is 32.6 Å². The predicted molar refractivity (Wildman–Crippen MR) is 71.6 cm³/mol. The fourth-order valence-electron chi connectivity index (χ4n) is 2.93. The van der Waals surface area contributed by atoms with Crippen molar-refractivity contribution in [2.24, 2.45) is 5.92 Å². The first-order chi connectivity index (χ1) is 9.13. The minimum absolute atomic E-state index is 0.0253. The number of rotatable bonds is 2. The van der Waals surface area contributed by atoms with Gasteiger partial charge in [0.1, 0.15) is 0 Å². The maximum Gasteiger partial charge on any atom is 0.241 e. The number of hydrogen-bond acceptors (Lipinski definition) is 3. The molecule has 5 nitrogen and oxygen atoms in total. The van der Waals surface area contributed by atoms with Crippen LogP contribution >= 0.6 is 0 Å². The zero-order chi connectivity index (χ0) is 13.8. The Morgan fingerprint density at radius 1 is 1.37 bits per heavy atom. The summed E-state index contributed by atoms with van der Waals surface area (Å²) in [6, 6.07) is 0. The van der Waals surface area contributed by atoms with Gasteiger partial charge in [0.2, 0.25) is 11.8 Å². The van der Waals surface area contributed by atoms with Gasteiger partial charge in [-0.25, -0.2) is 0 Å². The molecule has 2 heterocycles. The zero-order valence-corrected chi connectivity index (χ0v) is 11.9. The summed E-state index contributed by atoms with van der Waals surface area (Å²) in [4.78, 5) is 27.9. The Balaban J connectivity index is 2.03. The van der Waals surface area contributed by atoms with Crippen molar-refractivity contribution in [1.29, 1.82) is 0 Å².